The van der Waals surface area contributed by atoms with Gasteiger partial charge in [0.1, 0.15) is 5.78 Å². The Morgan fingerprint density at radius 2 is 2.09 bits per heavy atom. The highest BCUT2D eigenvalue weighted by atomic mass is 16.1. The second-order valence-corrected chi connectivity index (χ2v) is 7.56. The van der Waals surface area contributed by atoms with Crippen LogP contribution in [0.15, 0.2) is 18.5 Å². The van der Waals surface area contributed by atoms with Crippen LogP contribution in [0.2, 0.25) is 0 Å². The topological polar surface area (TPSA) is 45.2 Å². The Labute approximate surface area is 133 Å². The van der Waals surface area contributed by atoms with Gasteiger partial charge in [-0.1, -0.05) is 34.6 Å². The summed E-state index contributed by atoms with van der Waals surface area (Å²) in [4.78, 5) is 19.4. The van der Waals surface area contributed by atoms with Crippen molar-refractivity contribution in [3.63, 3.8) is 0 Å². The van der Waals surface area contributed by atoms with Crippen molar-refractivity contribution in [3.05, 3.63) is 24.0 Å². The van der Waals surface area contributed by atoms with Crippen LogP contribution in [0.25, 0.3) is 0 Å². The molecule has 3 rings (SSSR count). The Kier molecular flexibility index (Phi) is 3.76. The molecule has 1 N–H and O–H groups in total. The van der Waals surface area contributed by atoms with Crippen LogP contribution in [0.5, 0.6) is 0 Å². The molecular weight excluding hydrogens is 274 g/mol. The number of hydrogen-bond donors (Lipinski definition) is 1. The largest absolute Gasteiger partial charge is 0.369 e. The van der Waals surface area contributed by atoms with Crippen molar-refractivity contribution in [3.8, 4) is 0 Å². The van der Waals surface area contributed by atoms with Gasteiger partial charge in [-0.2, -0.15) is 0 Å². The lowest BCUT2D eigenvalue weighted by Crippen LogP contribution is -2.46. The fraction of sp³-hybridized carbons (Fsp3) is 0.667. The summed E-state index contributed by atoms with van der Waals surface area (Å²) in [6.07, 6.45) is 4.64. The number of carbonyl (C=O) groups excluding carboxylic acids is 1. The van der Waals surface area contributed by atoms with Gasteiger partial charge in [-0.15, -0.1) is 0 Å². The van der Waals surface area contributed by atoms with Crippen molar-refractivity contribution in [1.29, 1.82) is 0 Å². The number of pyridine rings is 1. The third-order valence-corrected chi connectivity index (χ3v) is 5.34. The molecule has 1 saturated heterocycles. The third-order valence-electron chi connectivity index (χ3n) is 5.34. The standard InChI is InChI=1S/C18H27N3O/c1-6-13(22)16-15(18(3,4)5)14-11-10-19-9-8-12(11)20-17(14)21(16)7-2/h8-10,14-17,20H,6-7H2,1-5H3. The first-order valence-electron chi connectivity index (χ1n) is 8.39. The van der Waals surface area contributed by atoms with Crippen LogP contribution in [-0.4, -0.2) is 34.4 Å². The van der Waals surface area contributed by atoms with Gasteiger partial charge in [0.05, 0.1) is 12.2 Å². The molecule has 2 aliphatic heterocycles. The summed E-state index contributed by atoms with van der Waals surface area (Å²) < 4.78 is 0. The summed E-state index contributed by atoms with van der Waals surface area (Å²) in [5.41, 5.74) is 2.53. The Balaban J connectivity index is 2.11. The SMILES string of the molecule is CCC(=O)C1C(C(C)(C)C)C2c3cnccc3NC2N1CC. The Hall–Kier alpha value is -1.42. The summed E-state index contributed by atoms with van der Waals surface area (Å²) >= 11 is 0. The van der Waals surface area contributed by atoms with E-state index < -0.39 is 0 Å². The second-order valence-electron chi connectivity index (χ2n) is 7.56. The van der Waals surface area contributed by atoms with Gasteiger partial charge in [-0.3, -0.25) is 14.7 Å². The van der Waals surface area contributed by atoms with Crippen LogP contribution in [0.3, 0.4) is 0 Å². The van der Waals surface area contributed by atoms with Gasteiger partial charge in [0.2, 0.25) is 0 Å². The molecule has 4 atom stereocenters. The van der Waals surface area contributed by atoms with Crippen LogP contribution in [0, 0.1) is 11.3 Å². The highest BCUT2D eigenvalue weighted by Crippen LogP contribution is 2.55. The molecule has 0 spiro atoms. The molecule has 3 heterocycles. The first-order valence-corrected chi connectivity index (χ1v) is 8.39. The van der Waals surface area contributed by atoms with E-state index in [0.29, 0.717) is 24.0 Å². The molecule has 0 saturated carbocycles. The van der Waals surface area contributed by atoms with E-state index in [4.69, 9.17) is 0 Å². The van der Waals surface area contributed by atoms with Gasteiger partial charge in [-0.25, -0.2) is 0 Å². The van der Waals surface area contributed by atoms with Crippen LogP contribution in [-0.2, 0) is 4.79 Å². The maximum atomic E-state index is 12.7. The highest BCUT2D eigenvalue weighted by Gasteiger charge is 2.57. The molecule has 0 aliphatic carbocycles. The molecule has 2 aliphatic rings. The number of nitrogens with zero attached hydrogens (tertiary/aromatic N) is 2. The number of aromatic nitrogens is 1. The fourth-order valence-corrected chi connectivity index (χ4v) is 4.48. The molecule has 1 fully saturated rings. The second kappa shape index (κ2) is 5.34. The summed E-state index contributed by atoms with van der Waals surface area (Å²) in [6.45, 7) is 11.8. The average Bonchev–Trinajstić information content (AvgIpc) is 2.99. The van der Waals surface area contributed by atoms with E-state index in [0.717, 1.165) is 6.54 Å². The smallest absolute Gasteiger partial charge is 0.150 e. The molecule has 1 aromatic heterocycles. The maximum absolute atomic E-state index is 12.7. The van der Waals surface area contributed by atoms with E-state index >= 15 is 0 Å². The normalized spacial score (nSPS) is 30.8. The number of nitrogens with one attached hydrogen (secondary N) is 1. The Morgan fingerprint density at radius 1 is 1.36 bits per heavy atom. The zero-order valence-electron chi connectivity index (χ0n) is 14.3. The number of likely N-dealkylation sites (tertiary alicyclic amines) is 1. The van der Waals surface area contributed by atoms with Gasteiger partial charge in [0.25, 0.3) is 0 Å². The van der Waals surface area contributed by atoms with Crippen molar-refractivity contribution >= 4 is 11.5 Å². The predicted molar refractivity (Wildman–Crippen MR) is 88.8 cm³/mol. The first kappa shape index (κ1) is 15.5. The number of anilines is 1. The van der Waals surface area contributed by atoms with E-state index in [-0.39, 0.29) is 17.6 Å². The van der Waals surface area contributed by atoms with E-state index in [1.165, 1.54) is 11.3 Å². The lowest BCUT2D eigenvalue weighted by molar-refractivity contribution is -0.125. The Morgan fingerprint density at radius 3 is 2.68 bits per heavy atom. The molecule has 4 nitrogen and oxygen atoms in total. The number of ketones is 1. The molecule has 22 heavy (non-hydrogen) atoms. The molecule has 0 aromatic carbocycles. The number of carbonyl (C=O) groups is 1. The average molecular weight is 301 g/mol. The van der Waals surface area contributed by atoms with E-state index in [9.17, 15) is 4.79 Å². The molecule has 0 amide bonds. The summed E-state index contributed by atoms with van der Waals surface area (Å²) in [7, 11) is 0. The minimum atomic E-state index is 0.00542. The number of Topliss-reactive ketones (excluding diaryl/α,β-unsaturated/α-hetero) is 1. The predicted octanol–water partition coefficient (Wildman–Crippen LogP) is 3.26. The minimum absolute atomic E-state index is 0.00542. The molecule has 1 aromatic rings. The van der Waals surface area contributed by atoms with E-state index in [2.05, 4.69) is 49.0 Å². The van der Waals surface area contributed by atoms with Crippen LogP contribution < -0.4 is 5.32 Å². The summed E-state index contributed by atoms with van der Waals surface area (Å²) in [5.74, 6) is 1.01. The van der Waals surface area contributed by atoms with Crippen molar-refractivity contribution in [2.45, 2.75) is 59.2 Å². The zero-order chi connectivity index (χ0) is 16.1. The summed E-state index contributed by atoms with van der Waals surface area (Å²) in [5, 5.41) is 3.64. The highest BCUT2D eigenvalue weighted by molar-refractivity contribution is 5.85. The van der Waals surface area contributed by atoms with Gasteiger partial charge in [0, 0.05) is 36.0 Å². The van der Waals surface area contributed by atoms with Crippen LogP contribution in [0.4, 0.5) is 5.69 Å². The minimum Gasteiger partial charge on any atom is -0.369 e. The monoisotopic (exact) mass is 301 g/mol. The van der Waals surface area contributed by atoms with Gasteiger partial charge >= 0.3 is 0 Å². The van der Waals surface area contributed by atoms with Crippen LogP contribution >= 0.6 is 0 Å². The zero-order valence-corrected chi connectivity index (χ0v) is 14.3. The number of fused-ring (bicyclic) bond motifs is 3. The van der Waals surface area contributed by atoms with E-state index in [1.54, 1.807) is 0 Å². The van der Waals surface area contributed by atoms with Gasteiger partial charge in [0.15, 0.2) is 0 Å². The molecule has 4 heteroatoms. The lowest BCUT2D eigenvalue weighted by Gasteiger charge is -2.36. The number of rotatable bonds is 3. The third kappa shape index (κ3) is 2.16. The maximum Gasteiger partial charge on any atom is 0.150 e. The fourth-order valence-electron chi connectivity index (χ4n) is 4.48. The lowest BCUT2D eigenvalue weighted by atomic mass is 9.68. The van der Waals surface area contributed by atoms with Crippen LogP contribution in [0.1, 0.15) is 52.5 Å². The number of hydrogen-bond acceptors (Lipinski definition) is 4. The molecule has 120 valence electrons. The van der Waals surface area contributed by atoms with Crippen molar-refractivity contribution in [2.24, 2.45) is 11.3 Å². The van der Waals surface area contributed by atoms with Crippen molar-refractivity contribution < 1.29 is 4.79 Å². The first-order chi connectivity index (χ1) is 10.4. The quantitative estimate of drug-likeness (QED) is 0.931. The Bertz CT molecular complexity index is 578. The van der Waals surface area contributed by atoms with E-state index in [1.807, 2.05) is 19.3 Å². The van der Waals surface area contributed by atoms with Gasteiger partial charge in [-0.05, 0) is 23.9 Å². The number of likely N-dealkylation sites (N-methyl/N-ethyl adjacent to an activating group) is 1. The molecular formula is C18H27N3O. The van der Waals surface area contributed by atoms with Crippen molar-refractivity contribution in [2.75, 3.05) is 11.9 Å². The van der Waals surface area contributed by atoms with Crippen molar-refractivity contribution in [1.82, 2.24) is 9.88 Å². The van der Waals surface area contributed by atoms with Gasteiger partial charge < -0.3 is 5.32 Å². The summed E-state index contributed by atoms with van der Waals surface area (Å²) in [6, 6.07) is 2.06. The molecule has 0 bridgehead atoms. The molecule has 0 radical (unpaired) electrons. The molecule has 4 unspecified atom stereocenters.